The van der Waals surface area contributed by atoms with Crippen molar-refractivity contribution in [3.8, 4) is 102 Å². The molecular formula is C80H56N10. The molecule has 2 unspecified atom stereocenters. The van der Waals surface area contributed by atoms with Gasteiger partial charge in [0, 0.05) is 69.4 Å². The number of para-hydroxylation sites is 4. The third-order valence-electron chi connectivity index (χ3n) is 17.9. The van der Waals surface area contributed by atoms with Gasteiger partial charge >= 0.3 is 0 Å². The van der Waals surface area contributed by atoms with Gasteiger partial charge in [-0.05, 0) is 116 Å². The van der Waals surface area contributed by atoms with Gasteiger partial charge in [0.05, 0.1) is 22.1 Å². The van der Waals surface area contributed by atoms with Crippen molar-refractivity contribution in [2.75, 3.05) is 0 Å². The van der Waals surface area contributed by atoms with Crippen LogP contribution in [0.3, 0.4) is 0 Å². The van der Waals surface area contributed by atoms with Gasteiger partial charge in [-0.3, -0.25) is 9.13 Å². The second kappa shape index (κ2) is 21.7. The number of rotatable bonds is 12. The predicted octanol–water partition coefficient (Wildman–Crippen LogP) is 18.2. The maximum Gasteiger partial charge on any atom is 0.164 e. The van der Waals surface area contributed by atoms with Crippen molar-refractivity contribution in [1.29, 1.82) is 0 Å². The average Bonchev–Trinajstić information content (AvgIpc) is 0.909. The zero-order chi connectivity index (χ0) is 59.8. The molecule has 18 rings (SSSR count). The van der Waals surface area contributed by atoms with Crippen LogP contribution in [-0.4, -0.2) is 49.0 Å². The average molecular weight is 1160 g/mol. The van der Waals surface area contributed by atoms with Gasteiger partial charge in [-0.2, -0.15) is 0 Å². The summed E-state index contributed by atoms with van der Waals surface area (Å²) in [6.07, 6.45) is 1.59. The zero-order valence-corrected chi connectivity index (χ0v) is 49.4. The van der Waals surface area contributed by atoms with Crippen molar-refractivity contribution >= 4 is 22.1 Å². The predicted molar refractivity (Wildman–Crippen MR) is 359 cm³/mol. The molecular weight excluding hydrogens is 1100 g/mol. The Hall–Kier alpha value is -11.6. The second-order valence-electron chi connectivity index (χ2n) is 23.2. The molecule has 0 saturated heterocycles. The molecule has 90 heavy (non-hydrogen) atoms. The van der Waals surface area contributed by atoms with Crippen LogP contribution in [0.5, 0.6) is 0 Å². The highest BCUT2D eigenvalue weighted by Crippen LogP contribution is 2.57. The Morgan fingerprint density at radius 3 is 0.956 bits per heavy atom. The van der Waals surface area contributed by atoms with Crippen LogP contribution in [0.2, 0.25) is 0 Å². The summed E-state index contributed by atoms with van der Waals surface area (Å²) in [5, 5.41) is 0. The molecule has 0 fully saturated rings. The third-order valence-corrected chi connectivity index (χ3v) is 17.9. The largest absolute Gasteiger partial charge is 0.296 e. The Morgan fingerprint density at radius 1 is 0.244 bits per heavy atom. The summed E-state index contributed by atoms with van der Waals surface area (Å²) in [6.45, 7) is 4.29. The molecule has 2 atom stereocenters. The molecule has 4 heterocycles. The van der Waals surface area contributed by atoms with E-state index in [-0.39, 0.29) is 11.8 Å². The van der Waals surface area contributed by atoms with Crippen LogP contribution >= 0.6 is 0 Å². The van der Waals surface area contributed by atoms with Gasteiger partial charge in [0.2, 0.25) is 0 Å². The maximum atomic E-state index is 5.18. The van der Waals surface area contributed by atoms with E-state index >= 15 is 0 Å². The number of hydrogen-bond donors (Lipinski definition) is 0. The summed E-state index contributed by atoms with van der Waals surface area (Å²) in [6, 6.07) is 94.4. The second-order valence-corrected chi connectivity index (χ2v) is 23.2. The minimum absolute atomic E-state index is 0.0944. The SMILES string of the molecule is CCc1nc2ccccc2n1-c1cccc(-c2nc(-c3ccccc3)nc(-c3ccc(-c4ccc5c(c4)C4c6ccccc6C5c5cc(-c6ccc(-c7nc(-c8ccccc8)nc(-c8cccc(-n9c(CC)nc%10ccccc%109)c8)n7)cc6)ccc54)cc3)n2)c1. The van der Waals surface area contributed by atoms with Crippen LogP contribution in [0.4, 0.5) is 0 Å². The first-order chi connectivity index (χ1) is 44.5. The number of aromatic nitrogens is 10. The van der Waals surface area contributed by atoms with E-state index in [1.54, 1.807) is 0 Å². The molecule has 10 heteroatoms. The highest BCUT2D eigenvalue weighted by Gasteiger charge is 2.41. The van der Waals surface area contributed by atoms with E-state index in [1.807, 2.05) is 48.5 Å². The fraction of sp³-hybridized carbons (Fsp3) is 0.0750. The number of nitrogens with zero attached hydrogens (tertiary/aromatic N) is 10. The molecule has 0 N–H and O–H groups in total. The molecule has 0 aliphatic heterocycles. The first kappa shape index (κ1) is 52.7. The number of benzene rings is 11. The summed E-state index contributed by atoms with van der Waals surface area (Å²) in [7, 11) is 0. The van der Waals surface area contributed by atoms with E-state index in [0.29, 0.717) is 34.9 Å². The van der Waals surface area contributed by atoms with Crippen molar-refractivity contribution < 1.29 is 0 Å². The van der Waals surface area contributed by atoms with E-state index < -0.39 is 0 Å². The zero-order valence-electron chi connectivity index (χ0n) is 49.4. The van der Waals surface area contributed by atoms with Crippen LogP contribution in [0.1, 0.15) is 70.7 Å². The monoisotopic (exact) mass is 1160 g/mol. The van der Waals surface area contributed by atoms with E-state index in [2.05, 4.69) is 241 Å². The van der Waals surface area contributed by atoms with Gasteiger partial charge in [-0.25, -0.2) is 39.9 Å². The quantitative estimate of drug-likeness (QED) is 0.119. The molecule has 426 valence electrons. The molecule has 0 saturated carbocycles. The van der Waals surface area contributed by atoms with Crippen molar-refractivity contribution in [1.82, 2.24) is 49.0 Å². The van der Waals surface area contributed by atoms with Crippen molar-refractivity contribution in [2.45, 2.75) is 38.5 Å². The summed E-state index contributed by atoms with van der Waals surface area (Å²) in [5.74, 6) is 5.87. The lowest BCUT2D eigenvalue weighted by atomic mass is 9.60. The van der Waals surface area contributed by atoms with Crippen LogP contribution in [0.15, 0.2) is 267 Å². The maximum absolute atomic E-state index is 5.18. The first-order valence-corrected chi connectivity index (χ1v) is 30.8. The standard InChI is InChI=1S/C80H56N10/c1-3-71-81-67-29-13-15-31-69(67)89(71)59-25-17-23-57(45-59)79-85-75(51-19-7-5-8-20-51)83-77(87-79)53-37-33-49(34-38-53)55-41-43-63-65(47-55)73-61-27-11-12-28-62(61)74(63)66-48-56(42-44-64(66)73)50-35-39-54(40-36-50)78-84-76(52-21-9-6-10-22-52)86-80(88-78)58-24-18-26-60(46-58)90-70-32-16-14-30-68(70)82-72(90)4-2/h5-48,73-74H,3-4H2,1-2H3. The summed E-state index contributed by atoms with van der Waals surface area (Å²) >= 11 is 0. The summed E-state index contributed by atoms with van der Waals surface area (Å²) in [4.78, 5) is 40.7. The topological polar surface area (TPSA) is 113 Å². The van der Waals surface area contributed by atoms with Gasteiger partial charge in [0.25, 0.3) is 0 Å². The lowest BCUT2D eigenvalue weighted by Crippen LogP contribution is -2.27. The van der Waals surface area contributed by atoms with E-state index in [1.165, 1.54) is 44.5 Å². The third kappa shape index (κ3) is 9.02. The molecule has 15 aromatic rings. The Balaban J connectivity index is 0.677. The highest BCUT2D eigenvalue weighted by atomic mass is 15.1. The molecule has 3 aliphatic carbocycles. The van der Waals surface area contributed by atoms with E-state index in [4.69, 9.17) is 39.9 Å². The molecule has 2 bridgehead atoms. The van der Waals surface area contributed by atoms with Gasteiger partial charge in [-0.15, -0.1) is 0 Å². The van der Waals surface area contributed by atoms with Gasteiger partial charge < -0.3 is 0 Å². The van der Waals surface area contributed by atoms with Gasteiger partial charge in [0.15, 0.2) is 34.9 Å². The number of imidazole rings is 2. The molecule has 0 spiro atoms. The van der Waals surface area contributed by atoms with E-state index in [0.717, 1.165) is 102 Å². The van der Waals surface area contributed by atoms with Crippen molar-refractivity contribution in [3.63, 3.8) is 0 Å². The fourth-order valence-corrected chi connectivity index (χ4v) is 13.7. The van der Waals surface area contributed by atoms with Gasteiger partial charge in [0.1, 0.15) is 11.6 Å². The van der Waals surface area contributed by atoms with Crippen molar-refractivity contribution in [2.24, 2.45) is 0 Å². The van der Waals surface area contributed by atoms with E-state index in [9.17, 15) is 0 Å². The van der Waals surface area contributed by atoms with Crippen molar-refractivity contribution in [3.05, 3.63) is 312 Å². The highest BCUT2D eigenvalue weighted by molar-refractivity contribution is 5.82. The smallest absolute Gasteiger partial charge is 0.164 e. The molecule has 0 amide bonds. The van der Waals surface area contributed by atoms with Crippen LogP contribution < -0.4 is 0 Å². The molecule has 10 nitrogen and oxygen atoms in total. The van der Waals surface area contributed by atoms with Crippen LogP contribution in [0.25, 0.3) is 124 Å². The Labute approximate surface area is 520 Å². The number of fused-ring (bicyclic) bond motifs is 2. The molecule has 3 aliphatic rings. The van der Waals surface area contributed by atoms with Crippen LogP contribution in [-0.2, 0) is 12.8 Å². The fourth-order valence-electron chi connectivity index (χ4n) is 13.7. The number of aryl methyl sites for hydroxylation is 2. The Kier molecular flexibility index (Phi) is 12.7. The lowest BCUT2D eigenvalue weighted by molar-refractivity contribution is 0.755. The minimum atomic E-state index is 0.0944. The Morgan fingerprint density at radius 2 is 0.556 bits per heavy atom. The lowest BCUT2D eigenvalue weighted by Gasteiger charge is -2.42. The normalized spacial score (nSPS) is 13.8. The summed E-state index contributed by atoms with van der Waals surface area (Å²) < 4.78 is 4.48. The first-order valence-electron chi connectivity index (χ1n) is 30.8. The Bertz CT molecular complexity index is 4950. The molecule has 0 radical (unpaired) electrons. The number of hydrogen-bond acceptors (Lipinski definition) is 8. The minimum Gasteiger partial charge on any atom is -0.296 e. The molecule has 11 aromatic carbocycles. The van der Waals surface area contributed by atoms with Crippen LogP contribution in [0, 0.1) is 0 Å². The van der Waals surface area contributed by atoms with Gasteiger partial charge in [-0.1, -0.05) is 220 Å². The molecule has 4 aromatic heterocycles. The summed E-state index contributed by atoms with van der Waals surface area (Å²) in [5.41, 5.74) is 24.4.